The Balaban J connectivity index is 2.25. The van der Waals surface area contributed by atoms with Gasteiger partial charge in [0, 0.05) is 29.7 Å². The highest BCUT2D eigenvalue weighted by Gasteiger charge is 2.38. The molecular formula is C17H16FN3O7S. The first-order valence-electron chi connectivity index (χ1n) is 7.96. The number of nitrogens with one attached hydrogen (secondary N) is 1. The molecule has 0 fully saturated rings. The third-order valence-electron chi connectivity index (χ3n) is 3.87. The zero-order valence-corrected chi connectivity index (χ0v) is 15.3. The van der Waals surface area contributed by atoms with E-state index >= 15 is 0 Å². The van der Waals surface area contributed by atoms with Crippen LogP contribution in [0.5, 0.6) is 0 Å². The van der Waals surface area contributed by atoms with Crippen LogP contribution in [0.1, 0.15) is 5.56 Å². The van der Waals surface area contributed by atoms with E-state index in [0.717, 1.165) is 24.5 Å². The average molecular weight is 425 g/mol. The molecule has 0 unspecified atom stereocenters. The number of nitrogens with zero attached hydrogens (tertiary/aromatic N) is 2. The number of aromatic nitrogens is 2. The summed E-state index contributed by atoms with van der Waals surface area (Å²) in [6, 6.07) is 8.65. The summed E-state index contributed by atoms with van der Waals surface area (Å²) in [5, 5.41) is 48.3. The van der Waals surface area contributed by atoms with Crippen LogP contribution in [0.2, 0.25) is 0 Å². The Kier molecular flexibility index (Phi) is 5.27. The van der Waals surface area contributed by atoms with Crippen LogP contribution >= 0.6 is 0 Å². The minimum atomic E-state index is -4.37. The van der Waals surface area contributed by atoms with E-state index < -0.39 is 33.4 Å². The molecule has 3 aromatic rings. The van der Waals surface area contributed by atoms with Gasteiger partial charge in [0.15, 0.2) is 0 Å². The predicted octanol–water partition coefficient (Wildman–Crippen LogP) is -0.801. The molecule has 1 aromatic carbocycles. The number of aliphatic hydroxyl groups is 5. The summed E-state index contributed by atoms with van der Waals surface area (Å²) in [6.07, 6.45) is -0.587. The summed E-state index contributed by atoms with van der Waals surface area (Å²) in [7, 11) is -4.37. The molecule has 0 aliphatic heterocycles. The van der Waals surface area contributed by atoms with Crippen LogP contribution < -0.4 is 5.32 Å². The van der Waals surface area contributed by atoms with Crippen molar-refractivity contribution in [3.8, 4) is 11.3 Å². The molecule has 2 heterocycles. The summed E-state index contributed by atoms with van der Waals surface area (Å²) in [4.78, 5) is 3.46. The predicted molar refractivity (Wildman–Crippen MR) is 95.3 cm³/mol. The third-order valence-corrected chi connectivity index (χ3v) is 5.53. The van der Waals surface area contributed by atoms with Crippen molar-refractivity contribution in [1.29, 1.82) is 0 Å². The second kappa shape index (κ2) is 7.27. The van der Waals surface area contributed by atoms with Crippen molar-refractivity contribution in [1.82, 2.24) is 14.3 Å². The molecule has 0 aliphatic rings. The summed E-state index contributed by atoms with van der Waals surface area (Å²) >= 11 is 0. The van der Waals surface area contributed by atoms with Crippen LogP contribution in [0.25, 0.3) is 11.3 Å². The second-order valence-electron chi connectivity index (χ2n) is 6.02. The SMILES string of the molecule is O=S(=O)(c1cccnc1)n1cc(C(O)(O)NC(O)(O)O)cc1-c1ccccc1F. The molecule has 0 bridgehead atoms. The van der Waals surface area contributed by atoms with Gasteiger partial charge in [0.2, 0.25) is 0 Å². The van der Waals surface area contributed by atoms with E-state index in [-0.39, 0.29) is 16.2 Å². The first kappa shape index (κ1) is 21.0. The lowest BCUT2D eigenvalue weighted by Gasteiger charge is -2.27. The van der Waals surface area contributed by atoms with Crippen molar-refractivity contribution in [3.63, 3.8) is 0 Å². The molecule has 3 rings (SSSR count). The monoisotopic (exact) mass is 425 g/mol. The Bertz CT molecular complexity index is 1130. The Morgan fingerprint density at radius 3 is 2.31 bits per heavy atom. The Morgan fingerprint density at radius 2 is 1.72 bits per heavy atom. The van der Waals surface area contributed by atoms with Crippen LogP contribution in [0, 0.1) is 5.82 Å². The minimum Gasteiger partial charge on any atom is -0.349 e. The lowest BCUT2D eigenvalue weighted by Crippen LogP contribution is -2.56. The van der Waals surface area contributed by atoms with Crippen molar-refractivity contribution >= 4 is 10.0 Å². The number of pyridine rings is 1. The largest absolute Gasteiger partial charge is 0.349 e. The summed E-state index contributed by atoms with van der Waals surface area (Å²) in [5.41, 5.74) is -1.12. The molecule has 0 amide bonds. The van der Waals surface area contributed by atoms with E-state index in [2.05, 4.69) is 4.98 Å². The van der Waals surface area contributed by atoms with Crippen molar-refractivity contribution in [2.24, 2.45) is 0 Å². The fourth-order valence-electron chi connectivity index (χ4n) is 2.62. The van der Waals surface area contributed by atoms with Crippen LogP contribution in [-0.2, 0) is 15.9 Å². The fourth-order valence-corrected chi connectivity index (χ4v) is 3.95. The molecule has 0 saturated heterocycles. The third kappa shape index (κ3) is 4.33. The van der Waals surface area contributed by atoms with Gasteiger partial charge in [-0.15, -0.1) is 0 Å². The van der Waals surface area contributed by atoms with Gasteiger partial charge < -0.3 is 25.5 Å². The van der Waals surface area contributed by atoms with Crippen molar-refractivity contribution < 1.29 is 38.3 Å². The molecule has 0 saturated carbocycles. The van der Waals surface area contributed by atoms with Crippen LogP contribution in [0.3, 0.4) is 0 Å². The van der Waals surface area contributed by atoms with E-state index in [1.54, 1.807) is 0 Å². The van der Waals surface area contributed by atoms with Gasteiger partial charge >= 0.3 is 6.10 Å². The van der Waals surface area contributed by atoms with E-state index in [9.17, 15) is 23.0 Å². The zero-order valence-electron chi connectivity index (χ0n) is 14.5. The lowest BCUT2D eigenvalue weighted by molar-refractivity contribution is -0.382. The second-order valence-corrected chi connectivity index (χ2v) is 7.83. The molecule has 154 valence electrons. The molecular weight excluding hydrogens is 409 g/mol. The quantitative estimate of drug-likeness (QED) is 0.277. The molecule has 29 heavy (non-hydrogen) atoms. The number of halogens is 1. The molecule has 0 spiro atoms. The van der Waals surface area contributed by atoms with E-state index in [0.29, 0.717) is 3.97 Å². The van der Waals surface area contributed by atoms with Gasteiger partial charge in [0.25, 0.3) is 15.9 Å². The van der Waals surface area contributed by atoms with Gasteiger partial charge in [-0.2, -0.15) is 5.32 Å². The van der Waals surface area contributed by atoms with Crippen LogP contribution in [0.15, 0.2) is 66.0 Å². The van der Waals surface area contributed by atoms with E-state index in [4.69, 9.17) is 15.3 Å². The summed E-state index contributed by atoms with van der Waals surface area (Å²) in [6.45, 7) is 0. The summed E-state index contributed by atoms with van der Waals surface area (Å²) < 4.78 is 41.0. The van der Waals surface area contributed by atoms with Crippen LogP contribution in [-0.4, -0.2) is 49.0 Å². The number of hydrogen-bond donors (Lipinski definition) is 6. The fraction of sp³-hybridized carbons (Fsp3) is 0.118. The van der Waals surface area contributed by atoms with Gasteiger partial charge in [-0.1, -0.05) is 12.1 Å². The first-order valence-corrected chi connectivity index (χ1v) is 9.40. The van der Waals surface area contributed by atoms with Crippen molar-refractivity contribution in [3.05, 3.63) is 72.4 Å². The normalized spacial score (nSPS) is 12.9. The number of hydrogen-bond acceptors (Lipinski definition) is 9. The standard InChI is InChI=1S/C17H16FN3O7S/c18-14-6-2-1-5-13(14)15-8-11(16(22,23)20-17(24,25)26)10-21(15)29(27,28)12-4-3-7-19-9-12/h1-10,20,22-26H. The Hall–Kier alpha value is -2.71. The molecule has 12 heteroatoms. The molecule has 10 nitrogen and oxygen atoms in total. The smallest absolute Gasteiger partial charge is 0.347 e. The van der Waals surface area contributed by atoms with Gasteiger partial charge in [-0.3, -0.25) is 4.98 Å². The lowest BCUT2D eigenvalue weighted by atomic mass is 10.1. The molecule has 0 atom stereocenters. The van der Waals surface area contributed by atoms with E-state index in [1.165, 1.54) is 41.8 Å². The highest BCUT2D eigenvalue weighted by atomic mass is 32.2. The topological polar surface area (TPSA) is 165 Å². The maximum Gasteiger partial charge on any atom is 0.347 e. The highest BCUT2D eigenvalue weighted by Crippen LogP contribution is 2.31. The zero-order chi connectivity index (χ0) is 21.4. The van der Waals surface area contributed by atoms with Crippen molar-refractivity contribution in [2.45, 2.75) is 16.9 Å². The maximum atomic E-state index is 14.3. The van der Waals surface area contributed by atoms with Crippen LogP contribution in [0.4, 0.5) is 4.39 Å². The Labute approximate surface area is 163 Å². The van der Waals surface area contributed by atoms with Gasteiger partial charge in [0.05, 0.1) is 5.69 Å². The number of rotatable bonds is 6. The highest BCUT2D eigenvalue weighted by molar-refractivity contribution is 7.90. The van der Waals surface area contributed by atoms with Gasteiger partial charge in [-0.25, -0.2) is 16.8 Å². The number of benzene rings is 1. The molecule has 2 aromatic heterocycles. The minimum absolute atomic E-state index is 0.190. The molecule has 6 N–H and O–H groups in total. The van der Waals surface area contributed by atoms with Gasteiger partial charge in [-0.05, 0) is 30.3 Å². The van der Waals surface area contributed by atoms with Crippen molar-refractivity contribution in [2.75, 3.05) is 0 Å². The van der Waals surface area contributed by atoms with E-state index in [1.807, 2.05) is 0 Å². The maximum absolute atomic E-state index is 14.3. The summed E-state index contributed by atoms with van der Waals surface area (Å²) in [5.74, 6) is -4.09. The molecule has 0 aliphatic carbocycles. The Morgan fingerprint density at radius 1 is 1.03 bits per heavy atom. The molecule has 0 radical (unpaired) electrons. The average Bonchev–Trinajstić information content (AvgIpc) is 3.08. The first-order chi connectivity index (χ1) is 13.4. The van der Waals surface area contributed by atoms with Gasteiger partial charge in [0.1, 0.15) is 10.7 Å².